The van der Waals surface area contributed by atoms with E-state index in [-0.39, 0.29) is 11.4 Å². The monoisotopic (exact) mass is 494 g/mol. The molecule has 4 N–H and O–H groups in total. The molecule has 1 aliphatic heterocycles. The molecule has 1 aromatic heterocycles. The summed E-state index contributed by atoms with van der Waals surface area (Å²) in [5.41, 5.74) is 8.89. The van der Waals surface area contributed by atoms with Gasteiger partial charge in [0.15, 0.2) is 0 Å². The fourth-order valence-electron chi connectivity index (χ4n) is 4.55. The van der Waals surface area contributed by atoms with Crippen LogP contribution in [0.4, 0.5) is 11.4 Å². The van der Waals surface area contributed by atoms with Gasteiger partial charge in [0.25, 0.3) is 5.56 Å². The first-order valence-electron chi connectivity index (χ1n) is 12.0. The van der Waals surface area contributed by atoms with Crippen LogP contribution in [0.2, 0.25) is 0 Å². The Hall–Kier alpha value is -3.22. The van der Waals surface area contributed by atoms with Gasteiger partial charge in [0.2, 0.25) is 0 Å². The Morgan fingerprint density at radius 2 is 1.91 bits per heavy atom. The molecule has 1 aromatic carbocycles. The average Bonchev–Trinajstić information content (AvgIpc) is 3.65. The SMILES string of the molecule is C#N.C=C.NC(=Nc1ccc2c(c1)CN(CC1CC1)S2=O)c1c(NC2CCCCC2)cc[nH]c1=O. The van der Waals surface area contributed by atoms with Crippen molar-refractivity contribution in [3.05, 3.63) is 65.1 Å². The first kappa shape index (κ1) is 26.4. The van der Waals surface area contributed by atoms with Gasteiger partial charge in [-0.3, -0.25) is 4.79 Å². The van der Waals surface area contributed by atoms with Crippen molar-refractivity contribution in [3.8, 4) is 6.57 Å². The molecule has 1 unspecified atom stereocenters. The number of nitriles is 1. The van der Waals surface area contributed by atoms with Crippen LogP contribution in [0.25, 0.3) is 0 Å². The largest absolute Gasteiger partial charge is 0.383 e. The zero-order valence-corrected chi connectivity index (χ0v) is 20.9. The molecule has 3 aliphatic rings. The molecule has 2 aromatic rings. The van der Waals surface area contributed by atoms with Crippen molar-refractivity contribution in [2.24, 2.45) is 16.6 Å². The highest BCUT2D eigenvalue weighted by molar-refractivity contribution is 7.83. The number of nitrogens with one attached hydrogen (secondary N) is 2. The van der Waals surface area contributed by atoms with Crippen LogP contribution in [0.5, 0.6) is 0 Å². The number of anilines is 1. The number of amidine groups is 1. The smallest absolute Gasteiger partial charge is 0.261 e. The number of nitrogens with two attached hydrogens (primary N) is 1. The summed E-state index contributed by atoms with van der Waals surface area (Å²) in [6, 6.07) is 7.86. The number of aromatic amines is 1. The van der Waals surface area contributed by atoms with Crippen molar-refractivity contribution < 1.29 is 4.21 Å². The molecule has 0 saturated heterocycles. The summed E-state index contributed by atoms with van der Waals surface area (Å²) in [5.74, 6) is 0.875. The van der Waals surface area contributed by atoms with Crippen molar-refractivity contribution in [3.63, 3.8) is 0 Å². The van der Waals surface area contributed by atoms with Crippen molar-refractivity contribution in [1.29, 1.82) is 5.26 Å². The second kappa shape index (κ2) is 12.5. The van der Waals surface area contributed by atoms with Gasteiger partial charge in [0.05, 0.1) is 16.3 Å². The number of nitrogens with zero attached hydrogens (tertiary/aromatic N) is 3. The van der Waals surface area contributed by atoms with Gasteiger partial charge in [0.1, 0.15) is 22.4 Å². The van der Waals surface area contributed by atoms with Crippen LogP contribution in [0.3, 0.4) is 0 Å². The summed E-state index contributed by atoms with van der Waals surface area (Å²) in [4.78, 5) is 20.7. The molecule has 9 heteroatoms. The normalized spacial score (nSPS) is 20.1. The first-order valence-corrected chi connectivity index (χ1v) is 13.1. The number of aromatic nitrogens is 1. The standard InChI is InChI=1S/C23H29N5O2S.C2H4.CHN/c24-22(21-19(10-11-25-23(21)29)26-17-4-2-1-3-5-17)27-18-8-9-20-16(12-18)14-28(31(20)30)13-15-6-7-15;2*1-2/h8-12,15,17H,1-7,13-14H2,(H2,24,27)(H2,25,26,29);1-2H2;1H. The van der Waals surface area contributed by atoms with Gasteiger partial charge in [0, 0.05) is 31.9 Å². The lowest BCUT2D eigenvalue weighted by Crippen LogP contribution is -2.29. The number of hydrogen-bond acceptors (Lipinski definition) is 5. The number of pyridine rings is 1. The van der Waals surface area contributed by atoms with Crippen LogP contribution in [0.1, 0.15) is 56.1 Å². The third-order valence-electron chi connectivity index (χ3n) is 6.40. The van der Waals surface area contributed by atoms with Gasteiger partial charge in [-0.15, -0.1) is 13.2 Å². The third kappa shape index (κ3) is 6.47. The molecule has 2 fully saturated rings. The van der Waals surface area contributed by atoms with Gasteiger partial charge >= 0.3 is 0 Å². The predicted octanol–water partition coefficient (Wildman–Crippen LogP) is 4.35. The molecule has 186 valence electrons. The van der Waals surface area contributed by atoms with Crippen molar-refractivity contribution in [2.75, 3.05) is 11.9 Å². The molecule has 35 heavy (non-hydrogen) atoms. The van der Waals surface area contributed by atoms with Gasteiger partial charge in [-0.1, -0.05) is 19.3 Å². The first-order chi connectivity index (χ1) is 17.1. The van der Waals surface area contributed by atoms with E-state index in [4.69, 9.17) is 11.0 Å². The molecule has 8 nitrogen and oxygen atoms in total. The summed E-state index contributed by atoms with van der Waals surface area (Å²) < 4.78 is 14.8. The fourth-order valence-corrected chi connectivity index (χ4v) is 5.97. The van der Waals surface area contributed by atoms with Crippen LogP contribution < -0.4 is 16.6 Å². The topological polar surface area (TPSA) is 127 Å². The van der Waals surface area contributed by atoms with E-state index in [1.165, 1.54) is 32.1 Å². The van der Waals surface area contributed by atoms with E-state index in [0.29, 0.717) is 29.8 Å². The van der Waals surface area contributed by atoms with Crippen molar-refractivity contribution in [1.82, 2.24) is 9.29 Å². The summed E-state index contributed by atoms with van der Waals surface area (Å²) >= 11 is 0. The summed E-state index contributed by atoms with van der Waals surface area (Å²) in [5, 5.41) is 10.0. The molecule has 1 atom stereocenters. The Morgan fingerprint density at radius 1 is 1.20 bits per heavy atom. The van der Waals surface area contributed by atoms with Crippen LogP contribution >= 0.6 is 0 Å². The minimum Gasteiger partial charge on any atom is -0.383 e. The van der Waals surface area contributed by atoms with Gasteiger partial charge in [-0.2, -0.15) is 0 Å². The molecule has 2 heterocycles. The average molecular weight is 495 g/mol. The molecular formula is C26H34N6O2S. The Kier molecular flexibility index (Phi) is 9.40. The lowest BCUT2D eigenvalue weighted by molar-refractivity contribution is 0.435. The Bertz CT molecular complexity index is 1150. The number of benzene rings is 1. The van der Waals surface area contributed by atoms with Gasteiger partial charge < -0.3 is 16.0 Å². The molecule has 0 spiro atoms. The quantitative estimate of drug-likeness (QED) is 0.313. The maximum absolute atomic E-state index is 12.7. The van der Waals surface area contributed by atoms with Crippen LogP contribution in [-0.4, -0.2) is 31.9 Å². The fraction of sp³-hybridized carbons (Fsp3) is 0.423. The Morgan fingerprint density at radius 3 is 2.60 bits per heavy atom. The molecule has 5 rings (SSSR count). The number of rotatable bonds is 6. The minimum atomic E-state index is -1.10. The molecule has 0 bridgehead atoms. The summed E-state index contributed by atoms with van der Waals surface area (Å²) in [6.45, 7) is 11.1. The summed E-state index contributed by atoms with van der Waals surface area (Å²) in [6.07, 6.45) is 9.99. The number of hydrogen-bond donors (Lipinski definition) is 3. The number of fused-ring (bicyclic) bond motifs is 1. The van der Waals surface area contributed by atoms with Gasteiger partial charge in [-0.05, 0) is 61.4 Å². The number of H-pyrrole nitrogens is 1. The van der Waals surface area contributed by atoms with Crippen LogP contribution in [-0.2, 0) is 17.5 Å². The van der Waals surface area contributed by atoms with Crippen molar-refractivity contribution >= 4 is 28.2 Å². The van der Waals surface area contributed by atoms with E-state index in [0.717, 1.165) is 35.5 Å². The lowest BCUT2D eigenvalue weighted by Gasteiger charge is -2.24. The van der Waals surface area contributed by atoms with E-state index in [1.54, 1.807) is 6.20 Å². The van der Waals surface area contributed by atoms with E-state index in [9.17, 15) is 9.00 Å². The van der Waals surface area contributed by atoms with Crippen molar-refractivity contribution in [2.45, 2.75) is 62.4 Å². The van der Waals surface area contributed by atoms with Gasteiger partial charge in [-0.25, -0.2) is 18.8 Å². The second-order valence-electron chi connectivity index (χ2n) is 8.88. The van der Waals surface area contributed by atoms with E-state index < -0.39 is 11.0 Å². The molecule has 2 aliphatic carbocycles. The third-order valence-corrected chi connectivity index (χ3v) is 7.93. The minimum absolute atomic E-state index is 0.189. The summed E-state index contributed by atoms with van der Waals surface area (Å²) in [7, 11) is -1.10. The molecular weight excluding hydrogens is 460 g/mol. The predicted molar refractivity (Wildman–Crippen MR) is 142 cm³/mol. The lowest BCUT2D eigenvalue weighted by atomic mass is 9.95. The van der Waals surface area contributed by atoms with E-state index in [2.05, 4.69) is 35.0 Å². The van der Waals surface area contributed by atoms with E-state index in [1.807, 2.05) is 28.6 Å². The van der Waals surface area contributed by atoms with Crippen LogP contribution in [0, 0.1) is 17.8 Å². The Labute approximate surface area is 209 Å². The Balaban J connectivity index is 0.000000815. The van der Waals surface area contributed by atoms with E-state index >= 15 is 0 Å². The maximum atomic E-state index is 12.7. The van der Waals surface area contributed by atoms with Crippen LogP contribution in [0.15, 0.2) is 58.3 Å². The molecule has 0 amide bonds. The molecule has 0 radical (unpaired) electrons. The maximum Gasteiger partial charge on any atom is 0.261 e. The molecule has 2 saturated carbocycles. The zero-order chi connectivity index (χ0) is 25.4. The second-order valence-corrected chi connectivity index (χ2v) is 10.3. The highest BCUT2D eigenvalue weighted by Crippen LogP contribution is 2.36. The highest BCUT2D eigenvalue weighted by Gasteiger charge is 2.32. The number of aliphatic imine (C=N–C) groups is 1. The highest BCUT2D eigenvalue weighted by atomic mass is 32.2. The zero-order valence-electron chi connectivity index (χ0n) is 20.0.